The largest absolute Gasteiger partial charge is 0.387 e. The molecule has 0 unspecified atom stereocenters. The number of carbonyl (C=O) groups excluding carboxylic acids is 1. The molecule has 3 heteroatoms. The lowest BCUT2D eigenvalue weighted by atomic mass is 10.2. The van der Waals surface area contributed by atoms with Crippen LogP contribution >= 0.6 is 0 Å². The number of nitrogens with one attached hydrogen (secondary N) is 2. The standard InChI is InChI=1S/C8H9N2O/c1-10-7-5-3-2-4-6(7)8(9)11/h2-5,9-10H,1H3. The predicted molar refractivity (Wildman–Crippen MR) is 43.4 cm³/mol. The van der Waals surface area contributed by atoms with E-state index in [1.165, 1.54) is 0 Å². The van der Waals surface area contributed by atoms with Crippen LogP contribution in [0, 0.1) is 0 Å². The molecule has 11 heavy (non-hydrogen) atoms. The Morgan fingerprint density at radius 3 is 2.55 bits per heavy atom. The lowest BCUT2D eigenvalue weighted by molar-refractivity contribution is 0.0993. The number of benzene rings is 1. The first-order chi connectivity index (χ1) is 5.25. The summed E-state index contributed by atoms with van der Waals surface area (Å²) in [5, 5.41) is 2.84. The average Bonchev–Trinajstić information content (AvgIpc) is 2.04. The zero-order valence-electron chi connectivity index (χ0n) is 6.22. The fourth-order valence-corrected chi connectivity index (χ4v) is 0.899. The second-order valence-electron chi connectivity index (χ2n) is 2.12. The fourth-order valence-electron chi connectivity index (χ4n) is 0.899. The summed E-state index contributed by atoms with van der Waals surface area (Å²) < 4.78 is 0. The van der Waals surface area contributed by atoms with Crippen LogP contribution in [0.15, 0.2) is 24.3 Å². The van der Waals surface area contributed by atoms with Gasteiger partial charge in [0.05, 0.1) is 5.56 Å². The van der Waals surface area contributed by atoms with Crippen molar-refractivity contribution < 1.29 is 4.79 Å². The van der Waals surface area contributed by atoms with Gasteiger partial charge in [0, 0.05) is 12.7 Å². The van der Waals surface area contributed by atoms with E-state index >= 15 is 0 Å². The van der Waals surface area contributed by atoms with Crippen molar-refractivity contribution in [3.05, 3.63) is 29.8 Å². The molecule has 0 spiro atoms. The van der Waals surface area contributed by atoms with Gasteiger partial charge in [0.1, 0.15) is 0 Å². The molecule has 2 N–H and O–H groups in total. The number of amides is 1. The smallest absolute Gasteiger partial charge is 0.271 e. The summed E-state index contributed by atoms with van der Waals surface area (Å²) in [7, 11) is 1.72. The minimum Gasteiger partial charge on any atom is -0.387 e. The molecule has 0 saturated heterocycles. The van der Waals surface area contributed by atoms with Gasteiger partial charge in [-0.25, -0.2) is 0 Å². The van der Waals surface area contributed by atoms with Crippen molar-refractivity contribution >= 4 is 11.6 Å². The highest BCUT2D eigenvalue weighted by atomic mass is 16.1. The number of hydrogen-bond donors (Lipinski definition) is 1. The fraction of sp³-hybridized carbons (Fsp3) is 0.125. The zero-order chi connectivity index (χ0) is 8.27. The summed E-state index contributed by atoms with van der Waals surface area (Å²) in [4.78, 5) is 10.7. The van der Waals surface area contributed by atoms with E-state index in [9.17, 15) is 4.79 Å². The van der Waals surface area contributed by atoms with E-state index in [1.54, 1.807) is 25.2 Å². The summed E-state index contributed by atoms with van der Waals surface area (Å²) in [6.45, 7) is 0. The van der Waals surface area contributed by atoms with E-state index in [4.69, 9.17) is 5.73 Å². The molecular formula is C8H9N2O. The van der Waals surface area contributed by atoms with Crippen LogP contribution in [0.25, 0.3) is 0 Å². The van der Waals surface area contributed by atoms with Gasteiger partial charge in [-0.2, -0.15) is 0 Å². The Morgan fingerprint density at radius 1 is 1.45 bits per heavy atom. The van der Waals surface area contributed by atoms with Gasteiger partial charge in [0.25, 0.3) is 5.91 Å². The van der Waals surface area contributed by atoms with Gasteiger partial charge in [-0.15, -0.1) is 0 Å². The van der Waals surface area contributed by atoms with Crippen molar-refractivity contribution in [3.63, 3.8) is 0 Å². The molecule has 1 amide bonds. The van der Waals surface area contributed by atoms with Crippen molar-refractivity contribution in [2.24, 2.45) is 0 Å². The van der Waals surface area contributed by atoms with Crippen LogP contribution in [-0.4, -0.2) is 13.0 Å². The number of rotatable bonds is 2. The van der Waals surface area contributed by atoms with Crippen LogP contribution in [0.3, 0.4) is 0 Å². The monoisotopic (exact) mass is 149 g/mol. The van der Waals surface area contributed by atoms with Crippen molar-refractivity contribution in [1.82, 2.24) is 5.73 Å². The second kappa shape index (κ2) is 3.05. The maximum Gasteiger partial charge on any atom is 0.271 e. The van der Waals surface area contributed by atoms with E-state index in [0.29, 0.717) is 11.3 Å². The van der Waals surface area contributed by atoms with Crippen LogP contribution in [0.1, 0.15) is 10.4 Å². The Morgan fingerprint density at radius 2 is 2.09 bits per heavy atom. The first-order valence-electron chi connectivity index (χ1n) is 3.28. The first kappa shape index (κ1) is 7.60. The molecule has 0 aliphatic carbocycles. The van der Waals surface area contributed by atoms with Crippen molar-refractivity contribution in [3.8, 4) is 0 Å². The topological polar surface area (TPSA) is 52.9 Å². The molecule has 3 nitrogen and oxygen atoms in total. The lowest BCUT2D eigenvalue weighted by Gasteiger charge is -2.02. The molecular weight excluding hydrogens is 140 g/mol. The number of anilines is 1. The minimum absolute atomic E-state index is 0.412. The van der Waals surface area contributed by atoms with Crippen LogP contribution < -0.4 is 11.1 Å². The number of carbonyl (C=O) groups is 1. The van der Waals surface area contributed by atoms with Crippen molar-refractivity contribution in [2.75, 3.05) is 12.4 Å². The molecule has 0 aromatic heterocycles. The predicted octanol–water partition coefficient (Wildman–Crippen LogP) is 1.15. The summed E-state index contributed by atoms with van der Waals surface area (Å²) in [6.07, 6.45) is 0. The highest BCUT2D eigenvalue weighted by Crippen LogP contribution is 2.12. The molecule has 0 atom stereocenters. The Hall–Kier alpha value is -1.51. The Labute approximate surface area is 65.2 Å². The molecule has 1 aromatic rings. The highest BCUT2D eigenvalue weighted by molar-refractivity contribution is 5.97. The van der Waals surface area contributed by atoms with Gasteiger partial charge in [-0.05, 0) is 12.1 Å². The maximum atomic E-state index is 10.7. The lowest BCUT2D eigenvalue weighted by Crippen LogP contribution is -2.03. The first-order valence-corrected chi connectivity index (χ1v) is 3.28. The van der Waals surface area contributed by atoms with Gasteiger partial charge >= 0.3 is 0 Å². The van der Waals surface area contributed by atoms with Crippen LogP contribution in [0.4, 0.5) is 5.69 Å². The second-order valence-corrected chi connectivity index (χ2v) is 2.12. The SMILES string of the molecule is CNc1ccccc1C([NH])=O. The van der Waals surface area contributed by atoms with E-state index < -0.39 is 5.91 Å². The molecule has 0 aliphatic heterocycles. The van der Waals surface area contributed by atoms with Crippen LogP contribution in [0.5, 0.6) is 0 Å². The molecule has 1 rings (SSSR count). The molecule has 1 aromatic carbocycles. The molecule has 0 aliphatic rings. The average molecular weight is 149 g/mol. The number of para-hydroxylation sites is 1. The maximum absolute atomic E-state index is 10.7. The Bertz CT molecular complexity index is 271. The van der Waals surface area contributed by atoms with Crippen molar-refractivity contribution in [2.45, 2.75) is 0 Å². The van der Waals surface area contributed by atoms with Gasteiger partial charge < -0.3 is 5.32 Å². The summed E-state index contributed by atoms with van der Waals surface area (Å²) in [5.74, 6) is -0.657. The third kappa shape index (κ3) is 1.49. The molecule has 0 bridgehead atoms. The normalized spacial score (nSPS) is 9.18. The quantitative estimate of drug-likeness (QED) is 0.685. The van der Waals surface area contributed by atoms with Gasteiger partial charge in [0.2, 0.25) is 0 Å². The third-order valence-corrected chi connectivity index (χ3v) is 1.44. The molecule has 0 saturated carbocycles. The summed E-state index contributed by atoms with van der Waals surface area (Å²) in [5.41, 5.74) is 8.00. The van der Waals surface area contributed by atoms with Crippen LogP contribution in [-0.2, 0) is 0 Å². The molecule has 57 valence electrons. The number of hydrogen-bond acceptors (Lipinski definition) is 2. The molecule has 0 fully saturated rings. The molecule has 1 radical (unpaired) electrons. The highest BCUT2D eigenvalue weighted by Gasteiger charge is 2.04. The molecule has 0 heterocycles. The van der Waals surface area contributed by atoms with E-state index in [-0.39, 0.29) is 0 Å². The van der Waals surface area contributed by atoms with E-state index in [1.807, 2.05) is 6.07 Å². The zero-order valence-corrected chi connectivity index (χ0v) is 6.22. The Balaban J connectivity index is 3.12. The van der Waals surface area contributed by atoms with Gasteiger partial charge in [0.15, 0.2) is 0 Å². The summed E-state index contributed by atoms with van der Waals surface area (Å²) in [6, 6.07) is 6.95. The summed E-state index contributed by atoms with van der Waals surface area (Å²) >= 11 is 0. The van der Waals surface area contributed by atoms with Gasteiger partial charge in [-0.1, -0.05) is 12.1 Å². The minimum atomic E-state index is -0.657. The Kier molecular flexibility index (Phi) is 2.11. The third-order valence-electron chi connectivity index (χ3n) is 1.44. The van der Waals surface area contributed by atoms with Gasteiger partial charge in [-0.3, -0.25) is 10.5 Å². The van der Waals surface area contributed by atoms with E-state index in [0.717, 1.165) is 0 Å². The van der Waals surface area contributed by atoms with Crippen molar-refractivity contribution in [1.29, 1.82) is 0 Å². The van der Waals surface area contributed by atoms with Crippen LogP contribution in [0.2, 0.25) is 0 Å². The van der Waals surface area contributed by atoms with E-state index in [2.05, 4.69) is 5.32 Å².